The highest BCUT2D eigenvalue weighted by Gasteiger charge is 2.10. The first-order valence-corrected chi connectivity index (χ1v) is 5.98. The Labute approximate surface area is 109 Å². The van der Waals surface area contributed by atoms with Crippen LogP contribution in [0.3, 0.4) is 0 Å². The van der Waals surface area contributed by atoms with E-state index in [1.54, 1.807) is 12.3 Å². The van der Waals surface area contributed by atoms with Crippen molar-refractivity contribution in [2.24, 2.45) is 5.73 Å². The van der Waals surface area contributed by atoms with Gasteiger partial charge in [0.1, 0.15) is 0 Å². The van der Waals surface area contributed by atoms with Crippen LogP contribution in [0, 0.1) is 5.95 Å². The molecular formula is C15H12FN3. The lowest BCUT2D eigenvalue weighted by Crippen LogP contribution is -2.03. The molecule has 0 atom stereocenters. The van der Waals surface area contributed by atoms with Gasteiger partial charge < -0.3 is 5.73 Å². The van der Waals surface area contributed by atoms with Crippen LogP contribution in [0.15, 0.2) is 48.8 Å². The molecule has 0 unspecified atom stereocenters. The quantitative estimate of drug-likeness (QED) is 0.714. The number of nitrogens with zero attached hydrogens (tertiary/aromatic N) is 2. The first-order valence-electron chi connectivity index (χ1n) is 5.98. The van der Waals surface area contributed by atoms with Crippen molar-refractivity contribution in [1.29, 1.82) is 0 Å². The van der Waals surface area contributed by atoms with Crippen molar-refractivity contribution in [2.45, 2.75) is 6.54 Å². The third kappa shape index (κ3) is 2.06. The van der Waals surface area contributed by atoms with E-state index in [4.69, 9.17) is 5.73 Å². The molecule has 0 aliphatic heterocycles. The van der Waals surface area contributed by atoms with Crippen LogP contribution in [0.25, 0.3) is 21.9 Å². The SMILES string of the molecule is NCc1ncc2ccccc2c1-c1ccc(F)nc1. The number of hydrogen-bond acceptors (Lipinski definition) is 3. The van der Waals surface area contributed by atoms with E-state index in [1.807, 2.05) is 24.3 Å². The monoisotopic (exact) mass is 253 g/mol. The van der Waals surface area contributed by atoms with Crippen LogP contribution < -0.4 is 5.73 Å². The van der Waals surface area contributed by atoms with Crippen LogP contribution in [-0.4, -0.2) is 9.97 Å². The third-order valence-electron chi connectivity index (χ3n) is 3.09. The average Bonchev–Trinajstić information content (AvgIpc) is 2.47. The summed E-state index contributed by atoms with van der Waals surface area (Å²) in [6.07, 6.45) is 3.32. The molecule has 0 aliphatic rings. The fourth-order valence-corrected chi connectivity index (χ4v) is 2.21. The lowest BCUT2D eigenvalue weighted by atomic mass is 9.99. The van der Waals surface area contributed by atoms with E-state index >= 15 is 0 Å². The molecule has 2 aromatic heterocycles. The Morgan fingerprint density at radius 3 is 2.58 bits per heavy atom. The van der Waals surface area contributed by atoms with Crippen molar-refractivity contribution in [3.8, 4) is 11.1 Å². The Balaban J connectivity index is 2.33. The van der Waals surface area contributed by atoms with E-state index in [0.717, 1.165) is 27.6 Å². The zero-order chi connectivity index (χ0) is 13.2. The number of rotatable bonds is 2. The standard InChI is InChI=1S/C15H12FN3/c16-14-6-5-11(9-19-14)15-12-4-2-1-3-10(12)8-18-13(15)7-17/h1-6,8-9H,7,17H2. The third-order valence-corrected chi connectivity index (χ3v) is 3.09. The molecule has 0 amide bonds. The van der Waals surface area contributed by atoms with Gasteiger partial charge in [-0.3, -0.25) is 4.98 Å². The summed E-state index contributed by atoms with van der Waals surface area (Å²) >= 11 is 0. The maximum Gasteiger partial charge on any atom is 0.212 e. The number of nitrogens with two attached hydrogens (primary N) is 1. The Morgan fingerprint density at radius 1 is 1.00 bits per heavy atom. The van der Waals surface area contributed by atoms with E-state index in [-0.39, 0.29) is 0 Å². The molecule has 0 saturated heterocycles. The van der Waals surface area contributed by atoms with Gasteiger partial charge in [0.05, 0.1) is 5.69 Å². The Bertz CT molecular complexity index is 723. The predicted octanol–water partition coefficient (Wildman–Crippen LogP) is 2.89. The second kappa shape index (κ2) is 4.74. The first kappa shape index (κ1) is 11.7. The molecule has 19 heavy (non-hydrogen) atoms. The second-order valence-electron chi connectivity index (χ2n) is 4.24. The maximum atomic E-state index is 12.9. The van der Waals surface area contributed by atoms with Gasteiger partial charge in [-0.25, -0.2) is 4.98 Å². The van der Waals surface area contributed by atoms with Crippen molar-refractivity contribution >= 4 is 10.8 Å². The van der Waals surface area contributed by atoms with E-state index in [2.05, 4.69) is 9.97 Å². The lowest BCUT2D eigenvalue weighted by molar-refractivity contribution is 0.584. The van der Waals surface area contributed by atoms with Crippen LogP contribution in [0.2, 0.25) is 0 Å². The molecule has 2 N–H and O–H groups in total. The molecule has 94 valence electrons. The topological polar surface area (TPSA) is 51.8 Å². The first-order chi connectivity index (χ1) is 9.29. The van der Waals surface area contributed by atoms with Crippen molar-refractivity contribution in [2.75, 3.05) is 0 Å². The molecule has 3 aromatic rings. The van der Waals surface area contributed by atoms with Crippen LogP contribution >= 0.6 is 0 Å². The van der Waals surface area contributed by atoms with Gasteiger partial charge >= 0.3 is 0 Å². The number of pyridine rings is 2. The fraction of sp³-hybridized carbons (Fsp3) is 0.0667. The van der Waals surface area contributed by atoms with Crippen LogP contribution in [0.5, 0.6) is 0 Å². The molecule has 2 heterocycles. The fourth-order valence-electron chi connectivity index (χ4n) is 2.21. The summed E-state index contributed by atoms with van der Waals surface area (Å²) in [7, 11) is 0. The Hall–Kier alpha value is -2.33. The van der Waals surface area contributed by atoms with E-state index in [9.17, 15) is 4.39 Å². The van der Waals surface area contributed by atoms with E-state index < -0.39 is 5.95 Å². The maximum absolute atomic E-state index is 12.9. The molecule has 4 heteroatoms. The minimum absolute atomic E-state index is 0.331. The highest BCUT2D eigenvalue weighted by atomic mass is 19.1. The highest BCUT2D eigenvalue weighted by Crippen LogP contribution is 2.30. The number of benzene rings is 1. The molecule has 1 aromatic carbocycles. The van der Waals surface area contributed by atoms with Gasteiger partial charge in [-0.15, -0.1) is 0 Å². The van der Waals surface area contributed by atoms with Crippen LogP contribution in [0.4, 0.5) is 4.39 Å². The number of halogens is 1. The molecule has 0 spiro atoms. The molecule has 0 aliphatic carbocycles. The normalized spacial score (nSPS) is 10.8. The van der Waals surface area contributed by atoms with Crippen molar-refractivity contribution < 1.29 is 4.39 Å². The zero-order valence-corrected chi connectivity index (χ0v) is 10.2. The zero-order valence-electron chi connectivity index (χ0n) is 10.2. The summed E-state index contributed by atoms with van der Waals surface area (Å²) in [5.74, 6) is -0.494. The summed E-state index contributed by atoms with van der Waals surface area (Å²) in [5.41, 5.74) is 8.29. The molecule has 0 saturated carbocycles. The number of hydrogen-bond donors (Lipinski definition) is 1. The van der Waals surface area contributed by atoms with Gasteiger partial charge in [-0.05, 0) is 17.5 Å². The predicted molar refractivity (Wildman–Crippen MR) is 72.8 cm³/mol. The number of aromatic nitrogens is 2. The van der Waals surface area contributed by atoms with Gasteiger partial charge in [0.25, 0.3) is 0 Å². The van der Waals surface area contributed by atoms with Gasteiger partial charge in [0, 0.05) is 35.5 Å². The second-order valence-corrected chi connectivity index (χ2v) is 4.24. The van der Waals surface area contributed by atoms with Crippen molar-refractivity contribution in [3.63, 3.8) is 0 Å². The van der Waals surface area contributed by atoms with E-state index in [1.165, 1.54) is 12.3 Å². The Kier molecular flexibility index (Phi) is 2.93. The minimum atomic E-state index is -0.494. The van der Waals surface area contributed by atoms with Crippen LogP contribution in [0.1, 0.15) is 5.69 Å². The smallest absolute Gasteiger partial charge is 0.212 e. The van der Waals surface area contributed by atoms with Gasteiger partial charge in [-0.2, -0.15) is 4.39 Å². The summed E-state index contributed by atoms with van der Waals surface area (Å²) in [6.45, 7) is 0.331. The summed E-state index contributed by atoms with van der Waals surface area (Å²) in [4.78, 5) is 8.08. The van der Waals surface area contributed by atoms with Gasteiger partial charge in [0.15, 0.2) is 0 Å². The average molecular weight is 253 g/mol. The summed E-state index contributed by atoms with van der Waals surface area (Å²) in [6, 6.07) is 11.0. The number of fused-ring (bicyclic) bond motifs is 1. The van der Waals surface area contributed by atoms with Crippen molar-refractivity contribution in [3.05, 3.63) is 60.4 Å². The highest BCUT2D eigenvalue weighted by molar-refractivity contribution is 5.97. The molecule has 0 radical (unpaired) electrons. The van der Waals surface area contributed by atoms with Gasteiger partial charge in [-0.1, -0.05) is 24.3 Å². The summed E-state index contributed by atoms with van der Waals surface area (Å²) < 4.78 is 12.9. The molecule has 0 fully saturated rings. The van der Waals surface area contributed by atoms with E-state index in [0.29, 0.717) is 6.54 Å². The largest absolute Gasteiger partial charge is 0.325 e. The lowest BCUT2D eigenvalue weighted by Gasteiger charge is -2.10. The molecule has 3 nitrogen and oxygen atoms in total. The van der Waals surface area contributed by atoms with Crippen molar-refractivity contribution in [1.82, 2.24) is 9.97 Å². The molecular weight excluding hydrogens is 241 g/mol. The van der Waals surface area contributed by atoms with Crippen LogP contribution in [-0.2, 0) is 6.54 Å². The molecule has 3 rings (SSSR count). The Morgan fingerprint density at radius 2 is 1.84 bits per heavy atom. The summed E-state index contributed by atoms with van der Waals surface area (Å²) in [5, 5.41) is 2.07. The molecule has 0 bridgehead atoms. The minimum Gasteiger partial charge on any atom is -0.325 e. The van der Waals surface area contributed by atoms with Gasteiger partial charge in [0.2, 0.25) is 5.95 Å².